The molecule has 0 unspecified atom stereocenters. The predicted molar refractivity (Wildman–Crippen MR) is 80.3 cm³/mol. The van der Waals surface area contributed by atoms with E-state index in [-0.39, 0.29) is 17.2 Å². The number of carbonyl (C=O) groups is 2. The van der Waals surface area contributed by atoms with Gasteiger partial charge in [0.1, 0.15) is 5.69 Å². The molecule has 3 heterocycles. The van der Waals surface area contributed by atoms with E-state index >= 15 is 0 Å². The van der Waals surface area contributed by atoms with E-state index in [1.54, 1.807) is 30.3 Å². The highest BCUT2D eigenvalue weighted by atomic mass is 16.5. The summed E-state index contributed by atoms with van der Waals surface area (Å²) in [5, 5.41) is 0. The van der Waals surface area contributed by atoms with E-state index in [2.05, 4.69) is 4.98 Å². The van der Waals surface area contributed by atoms with Crippen molar-refractivity contribution in [2.24, 2.45) is 5.41 Å². The number of aromatic nitrogens is 1. The monoisotopic (exact) mass is 303 g/mol. The molecule has 0 N–H and O–H groups in total. The lowest BCUT2D eigenvalue weighted by Gasteiger charge is -2.52. The number of rotatable bonds is 4. The molecule has 1 aromatic rings. The van der Waals surface area contributed by atoms with E-state index in [1.165, 1.54) is 0 Å². The summed E-state index contributed by atoms with van der Waals surface area (Å²) >= 11 is 0. The van der Waals surface area contributed by atoms with Crippen LogP contribution in [0.5, 0.6) is 0 Å². The SMILES string of the molecule is COCCN1CC2(CCN(C(=O)c3ccccn3)CC2)C1=O. The van der Waals surface area contributed by atoms with Gasteiger partial charge in [0.05, 0.1) is 12.0 Å². The Hall–Kier alpha value is -1.95. The highest BCUT2D eigenvalue weighted by Gasteiger charge is 2.53. The highest BCUT2D eigenvalue weighted by Crippen LogP contribution is 2.41. The van der Waals surface area contributed by atoms with Crippen LogP contribution in [0.2, 0.25) is 0 Å². The Labute approximate surface area is 130 Å². The van der Waals surface area contributed by atoms with Crippen molar-refractivity contribution in [3.63, 3.8) is 0 Å². The molecular formula is C16H21N3O3. The van der Waals surface area contributed by atoms with Crippen molar-refractivity contribution < 1.29 is 14.3 Å². The van der Waals surface area contributed by atoms with Gasteiger partial charge in [-0.25, -0.2) is 0 Å². The molecule has 22 heavy (non-hydrogen) atoms. The number of hydrogen-bond acceptors (Lipinski definition) is 4. The highest BCUT2D eigenvalue weighted by molar-refractivity contribution is 5.93. The maximum absolute atomic E-state index is 12.4. The minimum atomic E-state index is -0.241. The van der Waals surface area contributed by atoms with Crippen LogP contribution in [0, 0.1) is 5.41 Å². The Bertz CT molecular complexity index is 553. The number of ether oxygens (including phenoxy) is 1. The van der Waals surface area contributed by atoms with Gasteiger partial charge >= 0.3 is 0 Å². The average molecular weight is 303 g/mol. The molecule has 0 saturated carbocycles. The van der Waals surface area contributed by atoms with Crippen molar-refractivity contribution in [2.45, 2.75) is 12.8 Å². The number of hydrogen-bond donors (Lipinski definition) is 0. The van der Waals surface area contributed by atoms with Crippen LogP contribution in [-0.2, 0) is 9.53 Å². The van der Waals surface area contributed by atoms with Crippen molar-refractivity contribution in [3.8, 4) is 0 Å². The second kappa shape index (κ2) is 6.04. The van der Waals surface area contributed by atoms with Gasteiger partial charge in [0.25, 0.3) is 5.91 Å². The Kier molecular flexibility index (Phi) is 4.11. The van der Waals surface area contributed by atoms with Gasteiger partial charge in [-0.15, -0.1) is 0 Å². The van der Waals surface area contributed by atoms with Crippen molar-refractivity contribution in [3.05, 3.63) is 30.1 Å². The molecule has 2 fully saturated rings. The number of pyridine rings is 1. The molecule has 6 nitrogen and oxygen atoms in total. The summed E-state index contributed by atoms with van der Waals surface area (Å²) in [7, 11) is 1.64. The van der Waals surface area contributed by atoms with Crippen LogP contribution in [0.3, 0.4) is 0 Å². The fourth-order valence-corrected chi connectivity index (χ4v) is 3.29. The zero-order chi connectivity index (χ0) is 15.6. The third kappa shape index (κ3) is 2.59. The van der Waals surface area contributed by atoms with Crippen LogP contribution in [0.15, 0.2) is 24.4 Å². The van der Waals surface area contributed by atoms with Gasteiger partial charge in [0.2, 0.25) is 5.91 Å². The summed E-state index contributed by atoms with van der Waals surface area (Å²) in [5.41, 5.74) is 0.231. The molecule has 0 radical (unpaired) electrons. The maximum Gasteiger partial charge on any atom is 0.272 e. The standard InChI is InChI=1S/C16H21N3O3/c1-22-11-10-19-12-16(15(19)21)5-8-18(9-6-16)14(20)13-4-2-3-7-17-13/h2-4,7H,5-6,8-12H2,1H3. The van der Waals surface area contributed by atoms with E-state index < -0.39 is 0 Å². The summed E-state index contributed by atoms with van der Waals surface area (Å²) < 4.78 is 5.02. The number of nitrogens with zero attached hydrogens (tertiary/aromatic N) is 3. The molecule has 0 atom stereocenters. The van der Waals surface area contributed by atoms with Gasteiger partial charge in [0.15, 0.2) is 0 Å². The van der Waals surface area contributed by atoms with Crippen LogP contribution in [-0.4, -0.2) is 66.5 Å². The molecule has 2 aliphatic rings. The first kappa shape index (κ1) is 15.0. The second-order valence-corrected chi connectivity index (χ2v) is 6.01. The molecule has 0 bridgehead atoms. The summed E-state index contributed by atoms with van der Waals surface area (Å²) in [4.78, 5) is 32.5. The Balaban J connectivity index is 1.55. The fourth-order valence-electron chi connectivity index (χ4n) is 3.29. The average Bonchev–Trinajstić information content (AvgIpc) is 2.59. The summed E-state index contributed by atoms with van der Waals surface area (Å²) in [6, 6.07) is 5.34. The Morgan fingerprint density at radius 1 is 1.36 bits per heavy atom. The van der Waals surface area contributed by atoms with Gasteiger partial charge in [-0.3, -0.25) is 14.6 Å². The Morgan fingerprint density at radius 3 is 2.73 bits per heavy atom. The van der Waals surface area contributed by atoms with Crippen molar-refractivity contribution in [1.29, 1.82) is 0 Å². The van der Waals surface area contributed by atoms with Crippen LogP contribution in [0.25, 0.3) is 0 Å². The van der Waals surface area contributed by atoms with E-state index in [4.69, 9.17) is 4.74 Å². The van der Waals surface area contributed by atoms with Crippen LogP contribution >= 0.6 is 0 Å². The first-order chi connectivity index (χ1) is 10.7. The van der Waals surface area contributed by atoms with Crippen LogP contribution < -0.4 is 0 Å². The number of piperidine rings is 1. The molecule has 0 aliphatic carbocycles. The number of methoxy groups -OCH3 is 1. The minimum Gasteiger partial charge on any atom is -0.383 e. The first-order valence-corrected chi connectivity index (χ1v) is 7.65. The number of carbonyl (C=O) groups excluding carboxylic acids is 2. The number of likely N-dealkylation sites (tertiary alicyclic amines) is 2. The largest absolute Gasteiger partial charge is 0.383 e. The van der Waals surface area contributed by atoms with E-state index in [9.17, 15) is 9.59 Å². The molecule has 1 spiro atoms. The van der Waals surface area contributed by atoms with E-state index in [0.29, 0.717) is 31.9 Å². The van der Waals surface area contributed by atoms with E-state index in [0.717, 1.165) is 19.4 Å². The zero-order valence-electron chi connectivity index (χ0n) is 12.8. The summed E-state index contributed by atoms with van der Waals surface area (Å²) in [5.74, 6) is 0.174. The van der Waals surface area contributed by atoms with Crippen LogP contribution in [0.4, 0.5) is 0 Å². The molecule has 0 aromatic carbocycles. The predicted octanol–water partition coefficient (Wildman–Crippen LogP) is 0.793. The molecule has 3 rings (SSSR count). The second-order valence-electron chi connectivity index (χ2n) is 6.01. The first-order valence-electron chi connectivity index (χ1n) is 7.65. The molecule has 2 aliphatic heterocycles. The van der Waals surface area contributed by atoms with Crippen molar-refractivity contribution >= 4 is 11.8 Å². The molecule has 1 aromatic heterocycles. The van der Waals surface area contributed by atoms with Gasteiger partial charge < -0.3 is 14.5 Å². The quantitative estimate of drug-likeness (QED) is 0.772. The lowest BCUT2D eigenvalue weighted by molar-refractivity contribution is -0.165. The molecule has 2 amide bonds. The summed E-state index contributed by atoms with van der Waals surface area (Å²) in [6.07, 6.45) is 3.11. The lowest BCUT2D eigenvalue weighted by Crippen LogP contribution is -2.65. The number of β-lactam (4-membered cyclic amide) rings is 1. The maximum atomic E-state index is 12.4. The topological polar surface area (TPSA) is 62.7 Å². The van der Waals surface area contributed by atoms with Gasteiger partial charge in [-0.05, 0) is 25.0 Å². The van der Waals surface area contributed by atoms with Crippen LogP contribution in [0.1, 0.15) is 23.3 Å². The summed E-state index contributed by atoms with van der Waals surface area (Å²) in [6.45, 7) is 3.28. The van der Waals surface area contributed by atoms with Crippen molar-refractivity contribution in [1.82, 2.24) is 14.8 Å². The third-order valence-electron chi connectivity index (χ3n) is 4.69. The molecular weight excluding hydrogens is 282 g/mol. The number of amides is 2. The smallest absolute Gasteiger partial charge is 0.272 e. The Morgan fingerprint density at radius 2 is 2.14 bits per heavy atom. The van der Waals surface area contributed by atoms with Gasteiger partial charge in [-0.1, -0.05) is 6.07 Å². The molecule has 118 valence electrons. The third-order valence-corrected chi connectivity index (χ3v) is 4.69. The fraction of sp³-hybridized carbons (Fsp3) is 0.562. The van der Waals surface area contributed by atoms with Gasteiger partial charge in [0, 0.05) is 39.5 Å². The lowest BCUT2D eigenvalue weighted by atomic mass is 9.71. The minimum absolute atomic E-state index is 0.0431. The zero-order valence-corrected chi connectivity index (χ0v) is 12.8. The normalized spacial score (nSPS) is 20.1. The molecule has 2 saturated heterocycles. The van der Waals surface area contributed by atoms with Crippen molar-refractivity contribution in [2.75, 3.05) is 39.9 Å². The molecule has 6 heteroatoms. The van der Waals surface area contributed by atoms with E-state index in [1.807, 2.05) is 11.0 Å². The van der Waals surface area contributed by atoms with Gasteiger partial charge in [-0.2, -0.15) is 0 Å².